The Kier molecular flexibility index (Phi) is 3.42. The lowest BCUT2D eigenvalue weighted by molar-refractivity contribution is 0.469. The van der Waals surface area contributed by atoms with Gasteiger partial charge in [0.2, 0.25) is 10.8 Å². The summed E-state index contributed by atoms with van der Waals surface area (Å²) in [4.78, 5) is 17.6. The summed E-state index contributed by atoms with van der Waals surface area (Å²) in [6, 6.07) is 6.75. The van der Waals surface area contributed by atoms with Gasteiger partial charge in [-0.15, -0.1) is 10.2 Å². The van der Waals surface area contributed by atoms with E-state index < -0.39 is 5.63 Å². The number of para-hydroxylation sites is 1. The summed E-state index contributed by atoms with van der Waals surface area (Å²) in [5.41, 5.74) is 0.478. The summed E-state index contributed by atoms with van der Waals surface area (Å²) < 4.78 is 5.16. The largest absolute Gasteiger partial charge is 0.505 e. The smallest absolute Gasteiger partial charge is 0.368 e. The predicted molar refractivity (Wildman–Crippen MR) is 87.1 cm³/mol. The number of hydrogen-bond acceptors (Lipinski definition) is 7. The lowest BCUT2D eigenvalue weighted by atomic mass is 10.0. The Bertz CT molecular complexity index is 951. The summed E-state index contributed by atoms with van der Waals surface area (Å²) >= 11 is 1.48. The first-order valence-corrected chi connectivity index (χ1v) is 8.19. The number of hydrogen-bond donors (Lipinski definition) is 1. The van der Waals surface area contributed by atoms with Crippen LogP contribution < -0.4 is 5.63 Å². The minimum Gasteiger partial charge on any atom is -0.505 e. The molecule has 3 aromatic rings. The Morgan fingerprint density at radius 3 is 2.87 bits per heavy atom. The molecule has 2 heterocycles. The lowest BCUT2D eigenvalue weighted by Crippen LogP contribution is -1.98. The van der Waals surface area contributed by atoms with Crippen molar-refractivity contribution in [3.8, 4) is 5.75 Å². The van der Waals surface area contributed by atoms with E-state index in [1.165, 1.54) is 22.6 Å². The molecule has 6 nitrogen and oxygen atoms in total. The minimum atomic E-state index is -0.716. The number of rotatable bonds is 2. The molecule has 4 rings (SSSR count). The van der Waals surface area contributed by atoms with E-state index in [0.29, 0.717) is 16.1 Å². The maximum absolute atomic E-state index is 12.0. The SMILES string of the molecule is O=c1oc2ccccc2c(O)c1N=Nc1nc2c(s1)CCCC2. The molecule has 7 heteroatoms. The van der Waals surface area contributed by atoms with E-state index in [1.807, 2.05) is 0 Å². The second kappa shape index (κ2) is 5.58. The molecule has 23 heavy (non-hydrogen) atoms. The van der Waals surface area contributed by atoms with Crippen molar-refractivity contribution in [1.82, 2.24) is 4.98 Å². The first-order valence-electron chi connectivity index (χ1n) is 7.37. The standard InChI is InChI=1S/C16H13N3O3S/c20-14-9-5-1-3-7-11(9)22-15(21)13(14)18-19-16-17-10-6-2-4-8-12(10)23-16/h1,3,5,7,20H,2,4,6,8H2. The molecule has 0 atom stereocenters. The second-order valence-electron chi connectivity index (χ2n) is 5.36. The van der Waals surface area contributed by atoms with Gasteiger partial charge in [-0.3, -0.25) is 0 Å². The van der Waals surface area contributed by atoms with Crippen molar-refractivity contribution >= 4 is 33.1 Å². The first kappa shape index (κ1) is 14.1. The molecule has 0 amide bonds. The summed E-state index contributed by atoms with van der Waals surface area (Å²) in [5, 5.41) is 19.1. The molecular weight excluding hydrogens is 314 g/mol. The van der Waals surface area contributed by atoms with Crippen LogP contribution in [0.25, 0.3) is 11.0 Å². The number of nitrogens with zero attached hydrogens (tertiary/aromatic N) is 3. The number of aromatic hydroxyl groups is 1. The minimum absolute atomic E-state index is 0.197. The quantitative estimate of drug-likeness (QED) is 0.563. The third kappa shape index (κ3) is 2.53. The average molecular weight is 327 g/mol. The monoisotopic (exact) mass is 327 g/mol. The molecule has 0 unspecified atom stereocenters. The Labute approximate surface area is 135 Å². The van der Waals surface area contributed by atoms with Gasteiger partial charge in [0, 0.05) is 4.88 Å². The van der Waals surface area contributed by atoms with Crippen LogP contribution in [0.3, 0.4) is 0 Å². The van der Waals surface area contributed by atoms with Gasteiger partial charge in [-0.1, -0.05) is 23.5 Å². The summed E-state index contributed by atoms with van der Waals surface area (Å²) in [5.74, 6) is -0.220. The van der Waals surface area contributed by atoms with Crippen molar-refractivity contribution in [3.05, 3.63) is 45.3 Å². The first-order chi connectivity index (χ1) is 11.2. The third-order valence-electron chi connectivity index (χ3n) is 3.83. The van der Waals surface area contributed by atoms with Gasteiger partial charge in [0.15, 0.2) is 5.75 Å². The highest BCUT2D eigenvalue weighted by Crippen LogP contribution is 2.35. The molecule has 0 aliphatic heterocycles. The van der Waals surface area contributed by atoms with Crippen molar-refractivity contribution in [2.45, 2.75) is 25.7 Å². The van der Waals surface area contributed by atoms with Gasteiger partial charge in [0.25, 0.3) is 0 Å². The maximum atomic E-state index is 12.0. The number of thiazole rings is 1. The highest BCUT2D eigenvalue weighted by molar-refractivity contribution is 7.15. The number of aryl methyl sites for hydroxylation is 2. The van der Waals surface area contributed by atoms with Gasteiger partial charge in [0.05, 0.1) is 11.1 Å². The number of aromatic nitrogens is 1. The number of azo groups is 1. The molecule has 1 aliphatic carbocycles. The zero-order valence-corrected chi connectivity index (χ0v) is 13.0. The number of fused-ring (bicyclic) bond motifs is 2. The van der Waals surface area contributed by atoms with E-state index >= 15 is 0 Å². The van der Waals surface area contributed by atoms with Crippen LogP contribution >= 0.6 is 11.3 Å². The molecule has 1 aliphatic rings. The summed E-state index contributed by atoms with van der Waals surface area (Å²) in [6.07, 6.45) is 4.29. The normalized spacial score (nSPS) is 14.4. The number of benzene rings is 1. The molecular formula is C16H13N3O3S. The van der Waals surface area contributed by atoms with Gasteiger partial charge < -0.3 is 9.52 Å². The van der Waals surface area contributed by atoms with E-state index in [1.54, 1.807) is 24.3 Å². The highest BCUT2D eigenvalue weighted by atomic mass is 32.1. The molecule has 1 N–H and O–H groups in total. The van der Waals surface area contributed by atoms with Crippen LogP contribution in [0.1, 0.15) is 23.4 Å². The van der Waals surface area contributed by atoms with Gasteiger partial charge >= 0.3 is 5.63 Å². The van der Waals surface area contributed by atoms with Gasteiger partial charge in [-0.05, 0) is 37.8 Å². The van der Waals surface area contributed by atoms with Gasteiger partial charge in [0.1, 0.15) is 5.58 Å². The molecule has 0 radical (unpaired) electrons. The van der Waals surface area contributed by atoms with E-state index in [9.17, 15) is 9.90 Å². The fourth-order valence-electron chi connectivity index (χ4n) is 2.69. The van der Waals surface area contributed by atoms with Crippen molar-refractivity contribution < 1.29 is 9.52 Å². The molecule has 0 saturated carbocycles. The van der Waals surface area contributed by atoms with Crippen molar-refractivity contribution in [1.29, 1.82) is 0 Å². The van der Waals surface area contributed by atoms with E-state index in [-0.39, 0.29) is 11.4 Å². The molecule has 0 spiro atoms. The Morgan fingerprint density at radius 1 is 1.17 bits per heavy atom. The van der Waals surface area contributed by atoms with Gasteiger partial charge in [-0.25, -0.2) is 9.78 Å². The molecule has 2 aromatic heterocycles. The zero-order chi connectivity index (χ0) is 15.8. The Hall–Kier alpha value is -2.54. The van der Waals surface area contributed by atoms with E-state index in [4.69, 9.17) is 4.42 Å². The molecule has 0 bridgehead atoms. The van der Waals surface area contributed by atoms with Gasteiger partial charge in [-0.2, -0.15) is 0 Å². The third-order valence-corrected chi connectivity index (χ3v) is 4.87. The van der Waals surface area contributed by atoms with Crippen LogP contribution in [0, 0.1) is 0 Å². The molecule has 116 valence electrons. The van der Waals surface area contributed by atoms with E-state index in [0.717, 1.165) is 25.0 Å². The van der Waals surface area contributed by atoms with Crippen LogP contribution in [0.5, 0.6) is 5.75 Å². The van der Waals surface area contributed by atoms with Crippen LogP contribution in [0.15, 0.2) is 43.7 Å². The van der Waals surface area contributed by atoms with E-state index in [2.05, 4.69) is 15.2 Å². The van der Waals surface area contributed by atoms with Crippen molar-refractivity contribution in [2.24, 2.45) is 10.2 Å². The van der Waals surface area contributed by atoms with Crippen LogP contribution in [-0.2, 0) is 12.8 Å². The van der Waals surface area contributed by atoms with Crippen LogP contribution in [0.4, 0.5) is 10.8 Å². The van der Waals surface area contributed by atoms with Crippen molar-refractivity contribution in [3.63, 3.8) is 0 Å². The molecule has 1 aromatic carbocycles. The van der Waals surface area contributed by atoms with Crippen LogP contribution in [0.2, 0.25) is 0 Å². The Morgan fingerprint density at radius 2 is 2.00 bits per heavy atom. The predicted octanol–water partition coefficient (Wildman–Crippen LogP) is 4.25. The topological polar surface area (TPSA) is 88.0 Å². The van der Waals surface area contributed by atoms with Crippen molar-refractivity contribution in [2.75, 3.05) is 0 Å². The maximum Gasteiger partial charge on any atom is 0.368 e. The average Bonchev–Trinajstić information content (AvgIpc) is 2.97. The zero-order valence-electron chi connectivity index (χ0n) is 12.2. The summed E-state index contributed by atoms with van der Waals surface area (Å²) in [6.45, 7) is 0. The van der Waals surface area contributed by atoms with Crippen LogP contribution in [-0.4, -0.2) is 10.1 Å². The Balaban J connectivity index is 1.75. The second-order valence-corrected chi connectivity index (χ2v) is 6.42. The fraction of sp³-hybridized carbons (Fsp3) is 0.250. The molecule has 0 fully saturated rings. The fourth-order valence-corrected chi connectivity index (χ4v) is 3.66. The summed E-state index contributed by atoms with van der Waals surface area (Å²) in [7, 11) is 0. The lowest BCUT2D eigenvalue weighted by Gasteiger charge is -2.06. The highest BCUT2D eigenvalue weighted by Gasteiger charge is 2.16. The molecule has 0 saturated heterocycles.